The van der Waals surface area contributed by atoms with Gasteiger partial charge in [-0.2, -0.15) is 21.0 Å². The first-order chi connectivity index (χ1) is 16.6. The van der Waals surface area contributed by atoms with Gasteiger partial charge in [-0.25, -0.2) is 0 Å². The van der Waals surface area contributed by atoms with E-state index in [1.165, 1.54) is 0 Å². The molecule has 0 aliphatic carbocycles. The van der Waals surface area contributed by atoms with Crippen molar-refractivity contribution >= 4 is 21.5 Å². The maximum Gasteiger partial charge on any atom is 0.0992 e. The summed E-state index contributed by atoms with van der Waals surface area (Å²) in [6, 6.07) is 35.2. The molecule has 154 valence electrons. The molecule has 0 saturated heterocycles. The summed E-state index contributed by atoms with van der Waals surface area (Å²) in [4.78, 5) is 0. The topological polar surface area (TPSA) is 95.2 Å². The van der Waals surface area contributed by atoms with Gasteiger partial charge in [0, 0.05) is 0 Å². The molecule has 0 saturated carbocycles. The van der Waals surface area contributed by atoms with Gasteiger partial charge in [-0.3, -0.25) is 0 Å². The molecule has 0 aliphatic rings. The Balaban J connectivity index is 1.62. The van der Waals surface area contributed by atoms with Crippen molar-refractivity contribution in [2.45, 2.75) is 0 Å². The number of hydrogen-bond donors (Lipinski definition) is 0. The minimum Gasteiger partial charge on any atom is -0.192 e. The van der Waals surface area contributed by atoms with Gasteiger partial charge >= 0.3 is 0 Å². The van der Waals surface area contributed by atoms with Crippen molar-refractivity contribution in [1.82, 2.24) is 0 Å². The molecule has 4 nitrogen and oxygen atoms in total. The van der Waals surface area contributed by atoms with Gasteiger partial charge in [0.2, 0.25) is 0 Å². The molecule has 0 fully saturated rings. The molecule has 5 aromatic carbocycles. The lowest BCUT2D eigenvalue weighted by atomic mass is 9.93. The van der Waals surface area contributed by atoms with Crippen LogP contribution in [-0.2, 0) is 0 Å². The summed E-state index contributed by atoms with van der Waals surface area (Å²) in [5.41, 5.74) is 5.38. The fourth-order valence-corrected chi connectivity index (χ4v) is 4.28. The zero-order valence-electron chi connectivity index (χ0n) is 17.9. The fraction of sp³-hybridized carbons (Fsp3) is 0. The Bertz CT molecular complexity index is 1600. The van der Waals surface area contributed by atoms with Crippen molar-refractivity contribution in [3.8, 4) is 46.5 Å². The van der Waals surface area contributed by atoms with E-state index in [0.29, 0.717) is 22.3 Å². The Labute approximate surface area is 196 Å². The van der Waals surface area contributed by atoms with Crippen molar-refractivity contribution in [3.63, 3.8) is 0 Å². The minimum absolute atomic E-state index is 0.459. The Morgan fingerprint density at radius 3 is 1.03 bits per heavy atom. The lowest BCUT2D eigenvalue weighted by Crippen LogP contribution is -1.87. The van der Waals surface area contributed by atoms with Crippen LogP contribution in [-0.4, -0.2) is 0 Å². The zero-order chi connectivity index (χ0) is 23.7. The van der Waals surface area contributed by atoms with Gasteiger partial charge in [-0.05, 0) is 92.3 Å². The van der Waals surface area contributed by atoms with Crippen molar-refractivity contribution in [1.29, 1.82) is 21.0 Å². The van der Waals surface area contributed by atoms with Crippen molar-refractivity contribution < 1.29 is 0 Å². The van der Waals surface area contributed by atoms with E-state index in [-0.39, 0.29) is 0 Å². The molecule has 0 N–H and O–H groups in total. The number of benzene rings is 5. The second-order valence-electron chi connectivity index (χ2n) is 7.98. The van der Waals surface area contributed by atoms with Crippen LogP contribution in [0.4, 0.5) is 0 Å². The smallest absolute Gasteiger partial charge is 0.0992 e. The monoisotopic (exact) mass is 430 g/mol. The van der Waals surface area contributed by atoms with Gasteiger partial charge < -0.3 is 0 Å². The van der Waals surface area contributed by atoms with E-state index in [4.69, 9.17) is 0 Å². The van der Waals surface area contributed by atoms with E-state index in [9.17, 15) is 21.0 Å². The molecule has 5 aromatic rings. The predicted molar refractivity (Wildman–Crippen MR) is 131 cm³/mol. The summed E-state index contributed by atoms with van der Waals surface area (Å²) in [5, 5.41) is 41.5. The Morgan fingerprint density at radius 1 is 0.353 bits per heavy atom. The lowest BCUT2D eigenvalue weighted by molar-refractivity contribution is 1.44. The van der Waals surface area contributed by atoms with Crippen LogP contribution in [0.25, 0.3) is 43.8 Å². The fourth-order valence-electron chi connectivity index (χ4n) is 4.28. The average molecular weight is 430 g/mol. The van der Waals surface area contributed by atoms with E-state index in [2.05, 4.69) is 60.7 Å². The van der Waals surface area contributed by atoms with Gasteiger partial charge in [0.05, 0.1) is 46.5 Å². The third-order valence-electron chi connectivity index (χ3n) is 5.88. The first kappa shape index (κ1) is 20.5. The molecule has 4 heteroatoms. The molecular weight excluding hydrogens is 416 g/mol. The summed E-state index contributed by atoms with van der Waals surface area (Å²) in [5.74, 6) is 0. The van der Waals surface area contributed by atoms with Gasteiger partial charge in [-0.15, -0.1) is 0 Å². The Hall–Kier alpha value is -5.42. The molecule has 0 bridgehead atoms. The minimum atomic E-state index is 0.459. The first-order valence-corrected chi connectivity index (χ1v) is 10.5. The molecule has 0 atom stereocenters. The summed E-state index contributed by atoms with van der Waals surface area (Å²) in [7, 11) is 0. The van der Waals surface area contributed by atoms with Crippen LogP contribution in [0.2, 0.25) is 0 Å². The SMILES string of the molecule is N#Cc1cc(C#N)cc(-c2ccc3c(ccc4cc(-c5cc(C#N)cc(C#N)c5)ccc43)c2)c1. The number of rotatable bonds is 2. The second kappa shape index (κ2) is 8.26. The first-order valence-electron chi connectivity index (χ1n) is 10.5. The van der Waals surface area contributed by atoms with Crippen molar-refractivity contribution in [2.75, 3.05) is 0 Å². The average Bonchev–Trinajstić information content (AvgIpc) is 2.91. The van der Waals surface area contributed by atoms with Crippen LogP contribution < -0.4 is 0 Å². The summed E-state index contributed by atoms with van der Waals surface area (Å²) in [6.07, 6.45) is 0. The molecule has 0 spiro atoms. The quantitative estimate of drug-likeness (QED) is 0.287. The standard InChI is InChI=1S/C30H14N4/c31-15-19-7-20(16-32)10-27(9-19)23-3-5-29-25(13-23)1-2-26-14-24(4-6-30(26)29)28-11-21(17-33)8-22(12-28)18-34/h1-14H. The summed E-state index contributed by atoms with van der Waals surface area (Å²) < 4.78 is 0. The van der Waals surface area contributed by atoms with Gasteiger partial charge in [0.1, 0.15) is 0 Å². The van der Waals surface area contributed by atoms with Crippen LogP contribution in [0.1, 0.15) is 22.3 Å². The van der Waals surface area contributed by atoms with Gasteiger partial charge in [0.25, 0.3) is 0 Å². The van der Waals surface area contributed by atoms with Crippen molar-refractivity contribution in [2.24, 2.45) is 0 Å². The van der Waals surface area contributed by atoms with E-state index < -0.39 is 0 Å². The molecule has 0 unspecified atom stereocenters. The number of fused-ring (bicyclic) bond motifs is 3. The van der Waals surface area contributed by atoms with Crippen LogP contribution in [0.3, 0.4) is 0 Å². The highest BCUT2D eigenvalue weighted by Gasteiger charge is 2.09. The predicted octanol–water partition coefficient (Wildman–Crippen LogP) is 6.81. The number of nitrogens with zero attached hydrogens (tertiary/aromatic N) is 4. The normalized spacial score (nSPS) is 10.2. The molecule has 0 radical (unpaired) electrons. The van der Waals surface area contributed by atoms with Crippen LogP contribution in [0.5, 0.6) is 0 Å². The molecule has 0 aliphatic heterocycles. The van der Waals surface area contributed by atoms with E-state index in [1.807, 2.05) is 12.1 Å². The van der Waals surface area contributed by atoms with E-state index in [0.717, 1.165) is 43.8 Å². The van der Waals surface area contributed by atoms with Crippen molar-refractivity contribution in [3.05, 3.63) is 107 Å². The Kier molecular flexibility index (Phi) is 4.97. The Morgan fingerprint density at radius 2 is 0.706 bits per heavy atom. The zero-order valence-corrected chi connectivity index (χ0v) is 17.9. The largest absolute Gasteiger partial charge is 0.192 e. The molecule has 0 heterocycles. The van der Waals surface area contributed by atoms with Crippen LogP contribution in [0.15, 0.2) is 84.9 Å². The van der Waals surface area contributed by atoms with E-state index in [1.54, 1.807) is 36.4 Å². The highest BCUT2D eigenvalue weighted by molar-refractivity contribution is 6.09. The summed E-state index contributed by atoms with van der Waals surface area (Å²) >= 11 is 0. The van der Waals surface area contributed by atoms with Crippen LogP contribution in [0, 0.1) is 45.3 Å². The van der Waals surface area contributed by atoms with Crippen LogP contribution >= 0.6 is 0 Å². The highest BCUT2D eigenvalue weighted by Crippen LogP contribution is 2.33. The number of nitriles is 4. The van der Waals surface area contributed by atoms with Gasteiger partial charge in [0.15, 0.2) is 0 Å². The lowest BCUT2D eigenvalue weighted by Gasteiger charge is -2.10. The molecule has 0 amide bonds. The second-order valence-corrected chi connectivity index (χ2v) is 7.98. The van der Waals surface area contributed by atoms with Gasteiger partial charge in [-0.1, -0.05) is 36.4 Å². The molecule has 5 rings (SSSR count). The molecular formula is C30H14N4. The third kappa shape index (κ3) is 3.59. The summed E-state index contributed by atoms with van der Waals surface area (Å²) in [6.45, 7) is 0. The number of hydrogen-bond acceptors (Lipinski definition) is 4. The maximum absolute atomic E-state index is 9.29. The third-order valence-corrected chi connectivity index (χ3v) is 5.88. The highest BCUT2D eigenvalue weighted by atomic mass is 14.3. The van der Waals surface area contributed by atoms with E-state index >= 15 is 0 Å². The maximum atomic E-state index is 9.29. The molecule has 0 aromatic heterocycles. The molecule has 34 heavy (non-hydrogen) atoms.